The van der Waals surface area contributed by atoms with E-state index >= 15 is 0 Å². The molecule has 0 saturated carbocycles. The second kappa shape index (κ2) is 3.40. The van der Waals surface area contributed by atoms with E-state index in [1.54, 1.807) is 5.92 Å². The Morgan fingerprint density at radius 2 is 2.38 bits per heavy atom. The number of hydrogen-bond acceptors (Lipinski definition) is 4. The molecule has 0 spiro atoms. The summed E-state index contributed by atoms with van der Waals surface area (Å²) < 4.78 is 4.58. The van der Waals surface area contributed by atoms with Gasteiger partial charge in [-0.3, -0.25) is 10.1 Å². The highest BCUT2D eigenvalue weighted by atomic mass is 16.4. The maximum atomic E-state index is 10.6. The quantitative estimate of drug-likeness (QED) is 0.622. The van der Waals surface area contributed by atoms with Crippen LogP contribution < -0.4 is 5.32 Å². The zero-order valence-electron chi connectivity index (χ0n) is 6.27. The molecule has 2 N–H and O–H groups in total. The Bertz CT molecular complexity index is 387. The lowest BCUT2D eigenvalue weighted by Gasteiger charge is -1.90. The number of rotatable bonds is 2. The molecule has 0 aromatic carbocycles. The number of carboxylic acid groups (broad SMARTS) is 1. The van der Waals surface area contributed by atoms with Crippen LogP contribution in [0.5, 0.6) is 0 Å². The first-order valence-corrected chi connectivity index (χ1v) is 3.10. The Balaban J connectivity index is 2.76. The number of oxazole rings is 1. The van der Waals surface area contributed by atoms with Crippen LogP contribution in [0.25, 0.3) is 0 Å². The van der Waals surface area contributed by atoms with Crippen molar-refractivity contribution in [3.8, 4) is 12.3 Å². The zero-order valence-corrected chi connectivity index (χ0v) is 6.27. The van der Waals surface area contributed by atoms with Crippen LogP contribution in [0.3, 0.4) is 0 Å². The van der Waals surface area contributed by atoms with Gasteiger partial charge in [-0.05, 0) is 5.92 Å². The molecule has 1 aromatic heterocycles. The molecule has 0 fully saturated rings. The van der Waals surface area contributed by atoms with Gasteiger partial charge in [0.2, 0.25) is 5.76 Å². The van der Waals surface area contributed by atoms with E-state index in [0.29, 0.717) is 0 Å². The molecular weight excluding hydrogens is 176 g/mol. The number of terminal acetylenes is 1. The van der Waals surface area contributed by atoms with E-state index < -0.39 is 11.9 Å². The van der Waals surface area contributed by atoms with Gasteiger partial charge in [0.05, 0.1) is 6.20 Å². The predicted octanol–water partition coefficient (Wildman–Crippen LogP) is -0.0555. The number of hydrogen-bond donors (Lipinski definition) is 2. The van der Waals surface area contributed by atoms with Crippen LogP contribution in [0, 0.1) is 12.3 Å². The average molecular weight is 180 g/mol. The predicted molar refractivity (Wildman–Crippen MR) is 40.9 cm³/mol. The maximum Gasteiger partial charge on any atom is 0.373 e. The first-order chi connectivity index (χ1) is 6.13. The van der Waals surface area contributed by atoms with Crippen LogP contribution in [-0.2, 0) is 4.79 Å². The van der Waals surface area contributed by atoms with Gasteiger partial charge in [0.15, 0.2) is 0 Å². The first-order valence-electron chi connectivity index (χ1n) is 3.10. The molecule has 6 nitrogen and oxygen atoms in total. The fourth-order valence-corrected chi connectivity index (χ4v) is 0.564. The molecule has 6 heteroatoms. The van der Waals surface area contributed by atoms with E-state index in [0.717, 1.165) is 6.20 Å². The number of carbonyl (C=O) groups excluding carboxylic acids is 1. The third kappa shape index (κ3) is 2.07. The second-order valence-electron chi connectivity index (χ2n) is 1.93. The lowest BCUT2D eigenvalue weighted by molar-refractivity contribution is -0.111. The Morgan fingerprint density at radius 3 is 2.85 bits per heavy atom. The first kappa shape index (κ1) is 8.80. The molecule has 0 saturated heterocycles. The van der Waals surface area contributed by atoms with E-state index in [1.807, 2.05) is 0 Å². The molecule has 13 heavy (non-hydrogen) atoms. The summed E-state index contributed by atoms with van der Waals surface area (Å²) in [5.74, 6) is -0.635. The Kier molecular flexibility index (Phi) is 2.31. The molecule has 1 aromatic rings. The van der Waals surface area contributed by atoms with Crippen molar-refractivity contribution in [2.24, 2.45) is 0 Å². The topological polar surface area (TPSA) is 92.4 Å². The van der Waals surface area contributed by atoms with Crippen LogP contribution in [0.2, 0.25) is 0 Å². The maximum absolute atomic E-state index is 10.6. The molecule has 1 heterocycles. The van der Waals surface area contributed by atoms with E-state index in [9.17, 15) is 9.59 Å². The van der Waals surface area contributed by atoms with Crippen molar-refractivity contribution in [1.82, 2.24) is 4.98 Å². The summed E-state index contributed by atoms with van der Waals surface area (Å²) in [4.78, 5) is 24.3. The van der Waals surface area contributed by atoms with Gasteiger partial charge in [0.25, 0.3) is 0 Å². The van der Waals surface area contributed by atoms with Gasteiger partial charge in [-0.25, -0.2) is 9.78 Å². The van der Waals surface area contributed by atoms with Crippen molar-refractivity contribution in [3.63, 3.8) is 0 Å². The Labute approximate surface area is 72.6 Å². The van der Waals surface area contributed by atoms with Crippen molar-refractivity contribution in [2.45, 2.75) is 0 Å². The van der Waals surface area contributed by atoms with Crippen molar-refractivity contribution in [3.05, 3.63) is 12.0 Å². The smallest absolute Gasteiger partial charge is 0.373 e. The van der Waals surface area contributed by atoms with E-state index in [1.165, 1.54) is 0 Å². The number of amides is 1. The molecule has 0 unspecified atom stereocenters. The molecule has 0 radical (unpaired) electrons. The molecule has 0 aliphatic carbocycles. The van der Waals surface area contributed by atoms with Crippen LogP contribution in [0.1, 0.15) is 10.6 Å². The normalized spacial score (nSPS) is 8.85. The van der Waals surface area contributed by atoms with E-state index in [2.05, 4.69) is 14.7 Å². The molecule has 0 aliphatic rings. The van der Waals surface area contributed by atoms with Gasteiger partial charge in [0, 0.05) is 0 Å². The highest BCUT2D eigenvalue weighted by molar-refractivity contribution is 6.02. The Morgan fingerprint density at radius 1 is 1.69 bits per heavy atom. The largest absolute Gasteiger partial charge is 0.475 e. The zero-order chi connectivity index (χ0) is 9.84. The molecule has 0 atom stereocenters. The monoisotopic (exact) mass is 180 g/mol. The number of aromatic carboxylic acids is 1. The summed E-state index contributed by atoms with van der Waals surface area (Å²) in [6.07, 6.45) is 5.71. The SMILES string of the molecule is C#CC(=O)Nc1ncc(C(=O)O)o1. The minimum absolute atomic E-state index is 0.236. The van der Waals surface area contributed by atoms with Crippen LogP contribution in [0.15, 0.2) is 10.6 Å². The Hall–Kier alpha value is -2.29. The summed E-state index contributed by atoms with van der Waals surface area (Å²) in [5, 5.41) is 10.5. The standard InChI is InChI=1S/C7H4N2O4/c1-2-5(10)9-7-8-3-4(13-7)6(11)12/h1,3H,(H,11,12)(H,8,9,10). The summed E-state index contributed by atoms with van der Waals surface area (Å²) in [6, 6.07) is -0.236. The van der Waals surface area contributed by atoms with E-state index in [-0.39, 0.29) is 11.8 Å². The molecule has 0 bridgehead atoms. The van der Waals surface area contributed by atoms with E-state index in [4.69, 9.17) is 11.5 Å². The molecule has 66 valence electrons. The second-order valence-corrected chi connectivity index (χ2v) is 1.93. The average Bonchev–Trinajstić information content (AvgIpc) is 2.52. The van der Waals surface area contributed by atoms with Crippen molar-refractivity contribution >= 4 is 17.9 Å². The highest BCUT2D eigenvalue weighted by Crippen LogP contribution is 2.07. The lowest BCUT2D eigenvalue weighted by atomic mass is 10.5. The lowest BCUT2D eigenvalue weighted by Crippen LogP contribution is -2.07. The van der Waals surface area contributed by atoms with Crippen molar-refractivity contribution in [2.75, 3.05) is 5.32 Å². The molecule has 0 aliphatic heterocycles. The van der Waals surface area contributed by atoms with Crippen LogP contribution in [0.4, 0.5) is 6.01 Å². The number of carbonyl (C=O) groups is 2. The fourth-order valence-electron chi connectivity index (χ4n) is 0.564. The van der Waals surface area contributed by atoms with Crippen molar-refractivity contribution in [1.29, 1.82) is 0 Å². The van der Waals surface area contributed by atoms with Gasteiger partial charge < -0.3 is 9.52 Å². The summed E-state index contributed by atoms with van der Waals surface area (Å²) in [7, 11) is 0. The number of anilines is 1. The summed E-state index contributed by atoms with van der Waals surface area (Å²) in [5.41, 5.74) is 0. The summed E-state index contributed by atoms with van der Waals surface area (Å²) >= 11 is 0. The van der Waals surface area contributed by atoms with Crippen LogP contribution in [-0.4, -0.2) is 22.0 Å². The minimum Gasteiger partial charge on any atom is -0.475 e. The highest BCUT2D eigenvalue weighted by Gasteiger charge is 2.11. The number of nitrogens with zero attached hydrogens (tertiary/aromatic N) is 1. The van der Waals surface area contributed by atoms with Gasteiger partial charge in [-0.1, -0.05) is 0 Å². The van der Waals surface area contributed by atoms with Crippen LogP contribution >= 0.6 is 0 Å². The molecule has 1 amide bonds. The number of carboxylic acids is 1. The molecule has 1 rings (SSSR count). The third-order valence-corrected chi connectivity index (χ3v) is 1.07. The fraction of sp³-hybridized carbons (Fsp3) is 0. The van der Waals surface area contributed by atoms with Gasteiger partial charge in [-0.2, -0.15) is 0 Å². The van der Waals surface area contributed by atoms with Gasteiger partial charge >= 0.3 is 17.9 Å². The number of aromatic nitrogens is 1. The number of nitrogens with one attached hydrogen (secondary N) is 1. The van der Waals surface area contributed by atoms with Gasteiger partial charge in [-0.15, -0.1) is 6.42 Å². The molecular formula is C7H4N2O4. The van der Waals surface area contributed by atoms with Crippen molar-refractivity contribution < 1.29 is 19.1 Å². The van der Waals surface area contributed by atoms with Gasteiger partial charge in [0.1, 0.15) is 0 Å². The summed E-state index contributed by atoms with van der Waals surface area (Å²) in [6.45, 7) is 0. The minimum atomic E-state index is -1.27. The third-order valence-electron chi connectivity index (χ3n) is 1.07.